The van der Waals surface area contributed by atoms with Gasteiger partial charge in [0.15, 0.2) is 0 Å². The monoisotopic (exact) mass is 199 g/mol. The molecule has 76 valence electrons. The van der Waals surface area contributed by atoms with Crippen molar-refractivity contribution in [3.63, 3.8) is 0 Å². The second kappa shape index (κ2) is 4.06. The molecule has 1 aromatic carbocycles. The number of benzene rings is 1. The fourth-order valence-corrected chi connectivity index (χ4v) is 1.13. The molecule has 0 aromatic heterocycles. The first kappa shape index (κ1) is 10.5. The number of methoxy groups -OCH3 is 1. The lowest BCUT2D eigenvalue weighted by atomic mass is 10.1. The summed E-state index contributed by atoms with van der Waals surface area (Å²) in [7, 11) is 1.42. The molecule has 5 heteroatoms. The second-order valence-electron chi connectivity index (χ2n) is 2.76. The standard InChI is InChI=1S/C9H10FNO3/c1-14-4-5-2-6(10)3-7(8(5)11)9(12)13/h2-3H,4,11H2,1H3,(H,12,13). The van der Waals surface area contributed by atoms with Crippen molar-refractivity contribution in [1.82, 2.24) is 0 Å². The van der Waals surface area contributed by atoms with Crippen LogP contribution in [-0.2, 0) is 11.3 Å². The first-order chi connectivity index (χ1) is 6.56. The molecule has 0 fully saturated rings. The van der Waals surface area contributed by atoms with Crippen molar-refractivity contribution in [2.75, 3.05) is 12.8 Å². The summed E-state index contributed by atoms with van der Waals surface area (Å²) in [5.74, 6) is -1.89. The maximum atomic E-state index is 12.9. The molecule has 0 bridgehead atoms. The van der Waals surface area contributed by atoms with Gasteiger partial charge in [-0.05, 0) is 12.1 Å². The van der Waals surface area contributed by atoms with E-state index in [0.29, 0.717) is 5.56 Å². The van der Waals surface area contributed by atoms with Crippen LogP contribution in [0.4, 0.5) is 10.1 Å². The molecule has 0 saturated carbocycles. The van der Waals surface area contributed by atoms with Gasteiger partial charge >= 0.3 is 5.97 Å². The Labute approximate surface area is 80.1 Å². The van der Waals surface area contributed by atoms with Crippen molar-refractivity contribution in [2.24, 2.45) is 0 Å². The number of aromatic carboxylic acids is 1. The summed E-state index contributed by atoms with van der Waals surface area (Å²) in [6.07, 6.45) is 0. The van der Waals surface area contributed by atoms with Gasteiger partial charge in [0, 0.05) is 12.7 Å². The van der Waals surface area contributed by atoms with E-state index in [1.54, 1.807) is 0 Å². The van der Waals surface area contributed by atoms with E-state index in [1.807, 2.05) is 0 Å². The highest BCUT2D eigenvalue weighted by molar-refractivity contribution is 5.94. The van der Waals surface area contributed by atoms with E-state index >= 15 is 0 Å². The highest BCUT2D eigenvalue weighted by Gasteiger charge is 2.13. The molecule has 0 spiro atoms. The Kier molecular flexibility index (Phi) is 3.03. The number of rotatable bonds is 3. The second-order valence-corrected chi connectivity index (χ2v) is 2.76. The van der Waals surface area contributed by atoms with E-state index in [0.717, 1.165) is 12.1 Å². The fraction of sp³-hybridized carbons (Fsp3) is 0.222. The van der Waals surface area contributed by atoms with Crippen molar-refractivity contribution < 1.29 is 19.0 Å². The Bertz CT molecular complexity index is 365. The average Bonchev–Trinajstić information content (AvgIpc) is 2.10. The van der Waals surface area contributed by atoms with Crippen molar-refractivity contribution in [3.8, 4) is 0 Å². The molecule has 0 aliphatic heterocycles. The molecule has 1 rings (SSSR count). The number of hydrogen-bond donors (Lipinski definition) is 2. The molecule has 14 heavy (non-hydrogen) atoms. The number of carbonyl (C=O) groups is 1. The third kappa shape index (κ3) is 2.00. The molecule has 0 aliphatic carbocycles. The van der Waals surface area contributed by atoms with E-state index in [2.05, 4.69) is 0 Å². The molecule has 4 nitrogen and oxygen atoms in total. The molecule has 3 N–H and O–H groups in total. The van der Waals surface area contributed by atoms with Crippen LogP contribution < -0.4 is 5.73 Å². The predicted molar refractivity (Wildman–Crippen MR) is 48.5 cm³/mol. The molecular weight excluding hydrogens is 189 g/mol. The van der Waals surface area contributed by atoms with Gasteiger partial charge in [0.1, 0.15) is 5.82 Å². The lowest BCUT2D eigenvalue weighted by Gasteiger charge is -2.07. The number of halogens is 1. The zero-order chi connectivity index (χ0) is 10.7. The summed E-state index contributed by atoms with van der Waals surface area (Å²) in [5, 5.41) is 8.70. The minimum atomic E-state index is -1.25. The number of anilines is 1. The van der Waals surface area contributed by atoms with Crippen molar-refractivity contribution in [2.45, 2.75) is 6.61 Å². The molecular formula is C9H10FNO3. The normalized spacial score (nSPS) is 10.1. The third-order valence-electron chi connectivity index (χ3n) is 1.76. The van der Waals surface area contributed by atoms with E-state index in [4.69, 9.17) is 15.6 Å². The lowest BCUT2D eigenvalue weighted by Crippen LogP contribution is -2.07. The molecule has 0 heterocycles. The van der Waals surface area contributed by atoms with E-state index in [9.17, 15) is 9.18 Å². The minimum Gasteiger partial charge on any atom is -0.478 e. The van der Waals surface area contributed by atoms with Gasteiger partial charge in [-0.2, -0.15) is 0 Å². The summed E-state index contributed by atoms with van der Waals surface area (Å²) in [6.45, 7) is 0.0872. The quantitative estimate of drug-likeness (QED) is 0.718. The van der Waals surface area contributed by atoms with Gasteiger partial charge in [0.25, 0.3) is 0 Å². The third-order valence-corrected chi connectivity index (χ3v) is 1.76. The Morgan fingerprint density at radius 1 is 1.64 bits per heavy atom. The summed E-state index contributed by atoms with van der Waals surface area (Å²) >= 11 is 0. The molecule has 0 saturated heterocycles. The maximum Gasteiger partial charge on any atom is 0.337 e. The first-order valence-corrected chi connectivity index (χ1v) is 3.86. The first-order valence-electron chi connectivity index (χ1n) is 3.86. The van der Waals surface area contributed by atoms with Crippen LogP contribution in [0.15, 0.2) is 12.1 Å². The minimum absolute atomic E-state index is 0.0424. The van der Waals surface area contributed by atoms with Crippen molar-refractivity contribution in [1.29, 1.82) is 0 Å². The number of carboxylic acids is 1. The van der Waals surface area contributed by atoms with Gasteiger partial charge in [0.2, 0.25) is 0 Å². The van der Waals surface area contributed by atoms with Crippen LogP contribution in [-0.4, -0.2) is 18.2 Å². The Hall–Kier alpha value is -1.62. The highest BCUT2D eigenvalue weighted by Crippen LogP contribution is 2.20. The fourth-order valence-electron chi connectivity index (χ4n) is 1.13. The SMILES string of the molecule is COCc1cc(F)cc(C(=O)O)c1N. The van der Waals surface area contributed by atoms with Gasteiger partial charge in [-0.15, -0.1) is 0 Å². The van der Waals surface area contributed by atoms with Gasteiger partial charge in [-0.25, -0.2) is 9.18 Å². The van der Waals surface area contributed by atoms with E-state index in [-0.39, 0.29) is 17.9 Å². The summed E-state index contributed by atoms with van der Waals surface area (Å²) in [6, 6.07) is 2.04. The smallest absolute Gasteiger partial charge is 0.337 e. The molecule has 1 aromatic rings. The van der Waals surface area contributed by atoms with Crippen LogP contribution >= 0.6 is 0 Å². The van der Waals surface area contributed by atoms with Crippen LogP contribution in [0.5, 0.6) is 0 Å². The molecule has 0 aliphatic rings. The van der Waals surface area contributed by atoms with Crippen LogP contribution in [0.2, 0.25) is 0 Å². The number of nitrogen functional groups attached to an aromatic ring is 1. The highest BCUT2D eigenvalue weighted by atomic mass is 19.1. The van der Waals surface area contributed by atoms with Crippen molar-refractivity contribution in [3.05, 3.63) is 29.1 Å². The van der Waals surface area contributed by atoms with Gasteiger partial charge in [-0.1, -0.05) is 0 Å². The van der Waals surface area contributed by atoms with Crippen LogP contribution in [0, 0.1) is 5.82 Å². The topological polar surface area (TPSA) is 72.5 Å². The lowest BCUT2D eigenvalue weighted by molar-refractivity contribution is 0.0697. The number of ether oxygens (including phenoxy) is 1. The summed E-state index contributed by atoms with van der Waals surface area (Å²) < 4.78 is 17.7. The Balaban J connectivity index is 3.24. The van der Waals surface area contributed by atoms with Gasteiger partial charge in [-0.3, -0.25) is 0 Å². The van der Waals surface area contributed by atoms with Gasteiger partial charge in [0.05, 0.1) is 17.9 Å². The number of nitrogens with two attached hydrogens (primary N) is 1. The Morgan fingerprint density at radius 3 is 2.79 bits per heavy atom. The number of hydrogen-bond acceptors (Lipinski definition) is 3. The number of carboxylic acid groups (broad SMARTS) is 1. The zero-order valence-electron chi connectivity index (χ0n) is 7.58. The molecule has 0 radical (unpaired) electrons. The molecule has 0 atom stereocenters. The van der Waals surface area contributed by atoms with Gasteiger partial charge < -0.3 is 15.6 Å². The summed E-state index contributed by atoms with van der Waals surface area (Å²) in [4.78, 5) is 10.6. The zero-order valence-corrected chi connectivity index (χ0v) is 7.58. The van der Waals surface area contributed by atoms with Crippen LogP contribution in [0.3, 0.4) is 0 Å². The average molecular weight is 199 g/mol. The predicted octanol–water partition coefficient (Wildman–Crippen LogP) is 1.25. The molecule has 0 amide bonds. The van der Waals surface area contributed by atoms with E-state index < -0.39 is 11.8 Å². The molecule has 0 unspecified atom stereocenters. The van der Waals surface area contributed by atoms with Crippen LogP contribution in [0.25, 0.3) is 0 Å². The Morgan fingerprint density at radius 2 is 2.29 bits per heavy atom. The maximum absolute atomic E-state index is 12.9. The van der Waals surface area contributed by atoms with Crippen molar-refractivity contribution >= 4 is 11.7 Å². The van der Waals surface area contributed by atoms with Crippen LogP contribution in [0.1, 0.15) is 15.9 Å². The van der Waals surface area contributed by atoms with E-state index in [1.165, 1.54) is 7.11 Å². The summed E-state index contributed by atoms with van der Waals surface area (Å²) in [5.41, 5.74) is 5.65. The largest absolute Gasteiger partial charge is 0.478 e.